The summed E-state index contributed by atoms with van der Waals surface area (Å²) in [7, 11) is 0. The summed E-state index contributed by atoms with van der Waals surface area (Å²) in [5.41, 5.74) is 0.429. The van der Waals surface area contributed by atoms with Gasteiger partial charge in [-0.15, -0.1) is 0 Å². The Kier molecular flexibility index (Phi) is 5.99. The van der Waals surface area contributed by atoms with E-state index >= 15 is 0 Å². The molecule has 2 rings (SSSR count). The average molecular weight is 353 g/mol. The fraction of sp³-hybridized carbons (Fsp3) is 0.444. The lowest BCUT2D eigenvalue weighted by Crippen LogP contribution is -2.33. The van der Waals surface area contributed by atoms with Gasteiger partial charge in [0.25, 0.3) is 5.91 Å². The van der Waals surface area contributed by atoms with E-state index in [0.29, 0.717) is 11.7 Å². The van der Waals surface area contributed by atoms with Crippen LogP contribution in [0.3, 0.4) is 0 Å². The molecule has 0 aliphatic rings. The van der Waals surface area contributed by atoms with Gasteiger partial charge >= 0.3 is 0 Å². The molecule has 1 N–H and O–H groups in total. The monoisotopic (exact) mass is 352 g/mol. The molecule has 1 unspecified atom stereocenters. The zero-order valence-electron chi connectivity index (χ0n) is 14.3. The zero-order chi connectivity index (χ0) is 17.9. The van der Waals surface area contributed by atoms with Crippen molar-refractivity contribution >= 4 is 17.5 Å². The standard InChI is InChI=1S/C18H22ClFN2O2/c1-10(2)8-9-11(3)21-18(23)15-12(4)24-22-17(15)16-13(19)6-5-7-14(16)20/h5-7,10-11H,8-9H2,1-4H3,(H,21,23). The Morgan fingerprint density at radius 1 is 1.33 bits per heavy atom. The molecule has 0 fully saturated rings. The van der Waals surface area contributed by atoms with Crippen LogP contribution in [-0.4, -0.2) is 17.1 Å². The minimum Gasteiger partial charge on any atom is -0.360 e. The maximum atomic E-state index is 14.2. The summed E-state index contributed by atoms with van der Waals surface area (Å²) in [5.74, 6) is 0.0179. The van der Waals surface area contributed by atoms with Gasteiger partial charge in [0.1, 0.15) is 22.8 Å². The first-order valence-electron chi connectivity index (χ1n) is 8.02. The normalized spacial score (nSPS) is 12.5. The second-order valence-electron chi connectivity index (χ2n) is 6.40. The molecule has 0 aliphatic carbocycles. The van der Waals surface area contributed by atoms with E-state index in [1.165, 1.54) is 12.1 Å². The van der Waals surface area contributed by atoms with Crippen molar-refractivity contribution in [3.05, 3.63) is 40.4 Å². The molecule has 0 bridgehead atoms. The highest BCUT2D eigenvalue weighted by molar-refractivity contribution is 6.33. The lowest BCUT2D eigenvalue weighted by molar-refractivity contribution is 0.0936. The Bertz CT molecular complexity index is 708. The number of carbonyl (C=O) groups excluding carboxylic acids is 1. The summed E-state index contributed by atoms with van der Waals surface area (Å²) in [5, 5.41) is 6.96. The molecule has 4 nitrogen and oxygen atoms in total. The molecule has 0 spiro atoms. The first-order valence-corrected chi connectivity index (χ1v) is 8.40. The van der Waals surface area contributed by atoms with Gasteiger partial charge in [0.05, 0.1) is 10.6 Å². The van der Waals surface area contributed by atoms with Crippen LogP contribution in [0, 0.1) is 18.7 Å². The number of nitrogens with one attached hydrogen (secondary N) is 1. The zero-order valence-corrected chi connectivity index (χ0v) is 15.1. The van der Waals surface area contributed by atoms with Gasteiger partial charge in [-0.2, -0.15) is 0 Å². The molecular weight excluding hydrogens is 331 g/mol. The number of aryl methyl sites for hydroxylation is 1. The van der Waals surface area contributed by atoms with Crippen LogP contribution in [-0.2, 0) is 0 Å². The van der Waals surface area contributed by atoms with Crippen molar-refractivity contribution in [1.82, 2.24) is 10.5 Å². The summed E-state index contributed by atoms with van der Waals surface area (Å²) in [4.78, 5) is 12.6. The molecular formula is C18H22ClFN2O2. The van der Waals surface area contributed by atoms with Crippen LogP contribution in [0.4, 0.5) is 4.39 Å². The molecule has 1 aromatic carbocycles. The van der Waals surface area contributed by atoms with Crippen molar-refractivity contribution in [2.45, 2.75) is 46.6 Å². The minimum absolute atomic E-state index is 0.00172. The predicted octanol–water partition coefficient (Wildman–Crippen LogP) is 5.00. The number of carbonyl (C=O) groups is 1. The molecule has 0 saturated carbocycles. The Morgan fingerprint density at radius 2 is 2.04 bits per heavy atom. The van der Waals surface area contributed by atoms with Gasteiger partial charge in [-0.3, -0.25) is 4.79 Å². The Morgan fingerprint density at radius 3 is 2.67 bits per heavy atom. The van der Waals surface area contributed by atoms with Crippen molar-refractivity contribution in [3.8, 4) is 11.3 Å². The van der Waals surface area contributed by atoms with Crippen LogP contribution in [0.25, 0.3) is 11.3 Å². The van der Waals surface area contributed by atoms with E-state index in [9.17, 15) is 9.18 Å². The van der Waals surface area contributed by atoms with Gasteiger partial charge < -0.3 is 9.84 Å². The molecule has 0 radical (unpaired) electrons. The van der Waals surface area contributed by atoms with Crippen molar-refractivity contribution in [1.29, 1.82) is 0 Å². The van der Waals surface area contributed by atoms with Crippen molar-refractivity contribution < 1.29 is 13.7 Å². The molecule has 1 atom stereocenters. The molecule has 1 amide bonds. The molecule has 24 heavy (non-hydrogen) atoms. The smallest absolute Gasteiger partial charge is 0.257 e. The molecule has 6 heteroatoms. The van der Waals surface area contributed by atoms with Crippen LogP contribution < -0.4 is 5.32 Å². The van der Waals surface area contributed by atoms with Crippen molar-refractivity contribution in [2.75, 3.05) is 0 Å². The van der Waals surface area contributed by atoms with Crippen LogP contribution in [0.5, 0.6) is 0 Å². The highest BCUT2D eigenvalue weighted by atomic mass is 35.5. The van der Waals surface area contributed by atoms with E-state index in [1.54, 1.807) is 13.0 Å². The molecule has 2 aromatic rings. The largest absolute Gasteiger partial charge is 0.360 e. The summed E-state index contributed by atoms with van der Waals surface area (Å²) in [6, 6.07) is 4.33. The highest BCUT2D eigenvalue weighted by Crippen LogP contribution is 2.33. The van der Waals surface area contributed by atoms with Crippen LogP contribution in [0.1, 0.15) is 49.7 Å². The fourth-order valence-corrected chi connectivity index (χ4v) is 2.74. The summed E-state index contributed by atoms with van der Waals surface area (Å²) >= 11 is 6.09. The van der Waals surface area contributed by atoms with Gasteiger partial charge in [-0.05, 0) is 44.7 Å². The topological polar surface area (TPSA) is 55.1 Å². The SMILES string of the molecule is Cc1onc(-c2c(F)cccc2Cl)c1C(=O)NC(C)CCC(C)C. The number of halogens is 2. The number of amides is 1. The number of nitrogens with zero attached hydrogens (tertiary/aromatic N) is 1. The van der Waals surface area contributed by atoms with E-state index in [1.807, 2.05) is 6.92 Å². The van der Waals surface area contributed by atoms with Gasteiger partial charge in [-0.25, -0.2) is 4.39 Å². The second kappa shape index (κ2) is 7.79. The van der Waals surface area contributed by atoms with Crippen molar-refractivity contribution in [3.63, 3.8) is 0 Å². The fourth-order valence-electron chi connectivity index (χ4n) is 2.49. The quantitative estimate of drug-likeness (QED) is 0.796. The van der Waals surface area contributed by atoms with Crippen molar-refractivity contribution in [2.24, 2.45) is 5.92 Å². The average Bonchev–Trinajstić information content (AvgIpc) is 2.86. The number of hydrogen-bond donors (Lipinski definition) is 1. The molecule has 130 valence electrons. The van der Waals surface area contributed by atoms with Crippen LogP contribution in [0.2, 0.25) is 5.02 Å². The number of benzene rings is 1. The van der Waals surface area contributed by atoms with Gasteiger partial charge in [0.2, 0.25) is 0 Å². The van der Waals surface area contributed by atoms with E-state index in [4.69, 9.17) is 16.1 Å². The summed E-state index contributed by atoms with van der Waals surface area (Å²) in [6.07, 6.45) is 1.87. The number of rotatable bonds is 6. The van der Waals surface area contributed by atoms with Gasteiger partial charge in [-0.1, -0.05) is 36.7 Å². The van der Waals surface area contributed by atoms with E-state index < -0.39 is 5.82 Å². The summed E-state index contributed by atoms with van der Waals surface area (Å²) < 4.78 is 19.3. The molecule has 1 aromatic heterocycles. The Balaban J connectivity index is 2.29. The predicted molar refractivity (Wildman–Crippen MR) is 92.6 cm³/mol. The number of hydrogen-bond acceptors (Lipinski definition) is 3. The van der Waals surface area contributed by atoms with E-state index in [2.05, 4.69) is 24.3 Å². The molecule has 0 aliphatic heterocycles. The minimum atomic E-state index is -0.544. The third-order valence-corrected chi connectivity index (χ3v) is 4.16. The van der Waals surface area contributed by atoms with Gasteiger partial charge in [0, 0.05) is 6.04 Å². The van der Waals surface area contributed by atoms with E-state index in [-0.39, 0.29) is 33.8 Å². The van der Waals surface area contributed by atoms with Gasteiger partial charge in [0.15, 0.2) is 0 Å². The Labute approximate surface area is 146 Å². The first-order chi connectivity index (χ1) is 11.3. The maximum absolute atomic E-state index is 14.2. The van der Waals surface area contributed by atoms with E-state index in [0.717, 1.165) is 12.8 Å². The third-order valence-electron chi connectivity index (χ3n) is 3.84. The number of aromatic nitrogens is 1. The first kappa shape index (κ1) is 18.5. The lowest BCUT2D eigenvalue weighted by Gasteiger charge is -2.15. The Hall–Kier alpha value is -1.88. The van der Waals surface area contributed by atoms with Crippen LogP contribution in [0.15, 0.2) is 22.7 Å². The lowest BCUT2D eigenvalue weighted by atomic mass is 10.0. The summed E-state index contributed by atoms with van der Waals surface area (Å²) in [6.45, 7) is 7.84. The maximum Gasteiger partial charge on any atom is 0.257 e. The molecule has 0 saturated heterocycles. The van der Waals surface area contributed by atoms with Crippen LogP contribution >= 0.6 is 11.6 Å². The molecule has 1 heterocycles. The third kappa shape index (κ3) is 4.15. The highest BCUT2D eigenvalue weighted by Gasteiger charge is 2.26. The second-order valence-corrected chi connectivity index (χ2v) is 6.81.